The molecule has 0 aromatic heterocycles. The van der Waals surface area contributed by atoms with E-state index in [0.29, 0.717) is 0 Å². The molecular weight excluding hydrogens is 316 g/mol. The number of fused-ring (bicyclic) bond motifs is 3. The van der Waals surface area contributed by atoms with Crippen molar-refractivity contribution < 1.29 is 4.79 Å². The Hall–Kier alpha value is -3.19. The van der Waals surface area contributed by atoms with Crippen LogP contribution in [0.15, 0.2) is 96.1 Å². The van der Waals surface area contributed by atoms with Crippen LogP contribution in [0.4, 0.5) is 0 Å². The normalized spacial score (nSPS) is 13.3. The summed E-state index contributed by atoms with van der Waals surface area (Å²) < 4.78 is 0. The first kappa shape index (κ1) is 17.6. The molecule has 0 radical (unpaired) electrons. The zero-order valence-electron chi connectivity index (χ0n) is 15.1. The van der Waals surface area contributed by atoms with Gasteiger partial charge in [-0.25, -0.2) is 0 Å². The van der Waals surface area contributed by atoms with Gasteiger partial charge in [-0.15, -0.1) is 0 Å². The van der Waals surface area contributed by atoms with E-state index in [0.717, 1.165) is 17.4 Å². The Kier molecular flexibility index (Phi) is 5.60. The van der Waals surface area contributed by atoms with Crippen LogP contribution in [0.3, 0.4) is 0 Å². The lowest BCUT2D eigenvalue weighted by Crippen LogP contribution is -1.82. The average Bonchev–Trinajstić information content (AvgIpc) is 2.66. The standard InChI is InChI=1S/C25H22O/c1-19(8-7-9-20(2)16-17-26)14-15-22-18-21-10-3-4-11-23(21)25-13-6-5-12-24(22)25/h3-18H,1-2H3/b9-7+,15-14+,19-8+,20-16+. The molecule has 3 rings (SSSR count). The van der Waals surface area contributed by atoms with Crippen molar-refractivity contribution >= 4 is 33.9 Å². The van der Waals surface area contributed by atoms with Gasteiger partial charge in [0.15, 0.2) is 0 Å². The number of hydrogen-bond acceptors (Lipinski definition) is 1. The summed E-state index contributed by atoms with van der Waals surface area (Å²) in [5.74, 6) is 0. The van der Waals surface area contributed by atoms with Gasteiger partial charge in [-0.1, -0.05) is 84.5 Å². The molecule has 26 heavy (non-hydrogen) atoms. The Morgan fingerprint density at radius 1 is 0.769 bits per heavy atom. The molecule has 0 saturated carbocycles. The molecule has 0 saturated heterocycles. The van der Waals surface area contributed by atoms with Crippen molar-refractivity contribution in [2.24, 2.45) is 0 Å². The van der Waals surface area contributed by atoms with Crippen molar-refractivity contribution in [3.63, 3.8) is 0 Å². The zero-order valence-corrected chi connectivity index (χ0v) is 15.1. The second kappa shape index (κ2) is 8.26. The predicted octanol–water partition coefficient (Wildman–Crippen LogP) is 6.65. The first-order valence-corrected chi connectivity index (χ1v) is 8.74. The molecule has 1 heteroatoms. The Labute approximate surface area is 154 Å². The van der Waals surface area contributed by atoms with Gasteiger partial charge in [-0.3, -0.25) is 4.79 Å². The maximum atomic E-state index is 10.4. The molecule has 1 nitrogen and oxygen atoms in total. The zero-order chi connectivity index (χ0) is 18.4. The summed E-state index contributed by atoms with van der Waals surface area (Å²) in [4.78, 5) is 10.4. The minimum atomic E-state index is 0.807. The molecule has 0 bridgehead atoms. The van der Waals surface area contributed by atoms with Crippen molar-refractivity contribution in [1.82, 2.24) is 0 Å². The van der Waals surface area contributed by atoms with Crippen LogP contribution in [0.5, 0.6) is 0 Å². The topological polar surface area (TPSA) is 17.1 Å². The summed E-state index contributed by atoms with van der Waals surface area (Å²) in [5, 5.41) is 5.08. The number of allylic oxidation sites excluding steroid dienone is 7. The Morgan fingerprint density at radius 3 is 2.19 bits per heavy atom. The van der Waals surface area contributed by atoms with Gasteiger partial charge in [0.2, 0.25) is 0 Å². The van der Waals surface area contributed by atoms with Crippen LogP contribution in [-0.4, -0.2) is 6.29 Å². The maximum absolute atomic E-state index is 10.4. The molecule has 0 fully saturated rings. The van der Waals surface area contributed by atoms with E-state index in [1.165, 1.54) is 27.1 Å². The summed E-state index contributed by atoms with van der Waals surface area (Å²) in [5.41, 5.74) is 3.30. The fraction of sp³-hybridized carbons (Fsp3) is 0.0800. The summed E-state index contributed by atoms with van der Waals surface area (Å²) in [6, 6.07) is 19.3. The third-order valence-electron chi connectivity index (χ3n) is 4.37. The highest BCUT2D eigenvalue weighted by Crippen LogP contribution is 2.29. The van der Waals surface area contributed by atoms with Crippen molar-refractivity contribution in [3.8, 4) is 0 Å². The fourth-order valence-electron chi connectivity index (χ4n) is 3.01. The number of rotatable bonds is 5. The van der Waals surface area contributed by atoms with Crippen LogP contribution >= 0.6 is 0 Å². The van der Waals surface area contributed by atoms with Gasteiger partial charge in [0.05, 0.1) is 0 Å². The van der Waals surface area contributed by atoms with Gasteiger partial charge in [-0.2, -0.15) is 0 Å². The molecule has 3 aromatic carbocycles. The van der Waals surface area contributed by atoms with Crippen LogP contribution in [0.25, 0.3) is 27.6 Å². The number of carbonyl (C=O) groups excluding carboxylic acids is 1. The second-order valence-corrected chi connectivity index (χ2v) is 6.38. The van der Waals surface area contributed by atoms with E-state index in [4.69, 9.17) is 0 Å². The lowest BCUT2D eigenvalue weighted by molar-refractivity contribution is -0.104. The summed E-state index contributed by atoms with van der Waals surface area (Å²) in [6.45, 7) is 3.98. The molecule has 0 aliphatic heterocycles. The SMILES string of the molecule is CC(/C=C/C=C(C)/C=C/c1cc2ccccc2c2ccccc12)=C\C=O. The average molecular weight is 338 g/mol. The molecule has 0 unspecified atom stereocenters. The molecule has 0 heterocycles. The third-order valence-corrected chi connectivity index (χ3v) is 4.37. The van der Waals surface area contributed by atoms with Crippen LogP contribution in [0.2, 0.25) is 0 Å². The van der Waals surface area contributed by atoms with E-state index >= 15 is 0 Å². The quantitative estimate of drug-likeness (QED) is 0.220. The number of carbonyl (C=O) groups is 1. The van der Waals surface area contributed by atoms with Crippen LogP contribution in [-0.2, 0) is 4.79 Å². The molecule has 0 N–H and O–H groups in total. The van der Waals surface area contributed by atoms with Gasteiger partial charge in [0, 0.05) is 0 Å². The third kappa shape index (κ3) is 4.07. The van der Waals surface area contributed by atoms with Crippen molar-refractivity contribution in [2.75, 3.05) is 0 Å². The molecule has 3 aromatic rings. The van der Waals surface area contributed by atoms with E-state index in [-0.39, 0.29) is 0 Å². The molecule has 0 aliphatic carbocycles. The Morgan fingerprint density at radius 2 is 1.42 bits per heavy atom. The molecule has 128 valence electrons. The highest BCUT2D eigenvalue weighted by atomic mass is 16.1. The van der Waals surface area contributed by atoms with Gasteiger partial charge in [0.1, 0.15) is 6.29 Å². The molecule has 0 spiro atoms. The van der Waals surface area contributed by atoms with E-state index in [2.05, 4.69) is 73.7 Å². The van der Waals surface area contributed by atoms with Crippen LogP contribution in [0.1, 0.15) is 19.4 Å². The Bertz CT molecular complexity index is 1060. The van der Waals surface area contributed by atoms with E-state index in [1.807, 2.05) is 25.2 Å². The highest BCUT2D eigenvalue weighted by molar-refractivity contribution is 6.10. The lowest BCUT2D eigenvalue weighted by atomic mass is 9.97. The highest BCUT2D eigenvalue weighted by Gasteiger charge is 2.03. The smallest absolute Gasteiger partial charge is 0.143 e. The number of benzene rings is 3. The molecular formula is C25H22O. The minimum absolute atomic E-state index is 0.807. The van der Waals surface area contributed by atoms with Gasteiger partial charge < -0.3 is 0 Å². The number of aldehydes is 1. The van der Waals surface area contributed by atoms with Gasteiger partial charge in [-0.05, 0) is 58.7 Å². The van der Waals surface area contributed by atoms with Gasteiger partial charge >= 0.3 is 0 Å². The summed E-state index contributed by atoms with van der Waals surface area (Å²) in [7, 11) is 0. The van der Waals surface area contributed by atoms with E-state index in [9.17, 15) is 4.79 Å². The van der Waals surface area contributed by atoms with Crippen molar-refractivity contribution in [2.45, 2.75) is 13.8 Å². The fourth-order valence-corrected chi connectivity index (χ4v) is 3.01. The predicted molar refractivity (Wildman–Crippen MR) is 113 cm³/mol. The van der Waals surface area contributed by atoms with Gasteiger partial charge in [0.25, 0.3) is 0 Å². The van der Waals surface area contributed by atoms with Crippen LogP contribution in [0, 0.1) is 0 Å². The summed E-state index contributed by atoms with van der Waals surface area (Å²) in [6.07, 6.45) is 12.6. The first-order chi connectivity index (χ1) is 12.7. The summed E-state index contributed by atoms with van der Waals surface area (Å²) >= 11 is 0. The lowest BCUT2D eigenvalue weighted by Gasteiger charge is -2.07. The van der Waals surface area contributed by atoms with E-state index < -0.39 is 0 Å². The number of hydrogen-bond donors (Lipinski definition) is 0. The largest absolute Gasteiger partial charge is 0.299 e. The first-order valence-electron chi connectivity index (χ1n) is 8.74. The minimum Gasteiger partial charge on any atom is -0.299 e. The maximum Gasteiger partial charge on any atom is 0.143 e. The molecule has 0 aliphatic rings. The van der Waals surface area contributed by atoms with Crippen LogP contribution < -0.4 is 0 Å². The monoisotopic (exact) mass is 338 g/mol. The van der Waals surface area contributed by atoms with Crippen molar-refractivity contribution in [3.05, 3.63) is 102 Å². The molecule has 0 amide bonds. The van der Waals surface area contributed by atoms with E-state index in [1.54, 1.807) is 6.08 Å². The molecule has 0 atom stereocenters. The second-order valence-electron chi connectivity index (χ2n) is 6.38. The Balaban J connectivity index is 1.96. The van der Waals surface area contributed by atoms with Crippen molar-refractivity contribution in [1.29, 1.82) is 0 Å².